The minimum absolute atomic E-state index is 0.332. The Morgan fingerprint density at radius 3 is 0.938 bits per heavy atom. The molecule has 0 aromatic heterocycles. The number of nitrogens with zero attached hydrogens (tertiary/aromatic N) is 8. The summed E-state index contributed by atoms with van der Waals surface area (Å²) in [6.45, 7) is 22.5. The van der Waals surface area contributed by atoms with Crippen LogP contribution in [0.15, 0.2) is 24.3 Å². The van der Waals surface area contributed by atoms with Crippen LogP contribution in [0.4, 0.5) is 0 Å². The molecule has 2 aromatic rings. The summed E-state index contributed by atoms with van der Waals surface area (Å²) in [4.78, 5) is 65.8. The second-order valence-corrected chi connectivity index (χ2v) is 12.7. The Morgan fingerprint density at radius 1 is 0.417 bits per heavy atom. The Kier molecular flexibility index (Phi) is 13.2. The van der Waals surface area contributed by atoms with E-state index in [0.717, 1.165) is 39.3 Å². The molecule has 0 spiro atoms. The van der Waals surface area contributed by atoms with Crippen LogP contribution in [0.1, 0.15) is 83.0 Å². The summed E-state index contributed by atoms with van der Waals surface area (Å²) >= 11 is 0. The number of hydrogen-bond acceptors (Lipinski definition) is 10. The van der Waals surface area contributed by atoms with Crippen molar-refractivity contribution in [3.63, 3.8) is 0 Å². The molecule has 12 nitrogen and oxygen atoms in total. The molecule has 0 atom stereocenters. The van der Waals surface area contributed by atoms with Crippen molar-refractivity contribution in [3.05, 3.63) is 46.5 Å². The highest BCUT2D eigenvalue weighted by atomic mass is 16.2. The van der Waals surface area contributed by atoms with Gasteiger partial charge in [-0.2, -0.15) is 0 Å². The molecule has 2 heterocycles. The number of rotatable bonds is 20. The molecule has 4 rings (SSSR count). The molecule has 0 N–H and O–H groups in total. The van der Waals surface area contributed by atoms with Crippen LogP contribution in [-0.4, -0.2) is 169 Å². The summed E-state index contributed by atoms with van der Waals surface area (Å²) in [7, 11) is 4.04. The highest BCUT2D eigenvalue weighted by molar-refractivity contribution is 6.33. The van der Waals surface area contributed by atoms with Crippen molar-refractivity contribution in [3.8, 4) is 0 Å². The third-order valence-corrected chi connectivity index (χ3v) is 10.1. The Balaban J connectivity index is 1.73. The summed E-state index contributed by atoms with van der Waals surface area (Å²) in [5, 5.41) is 7.07. The molecule has 4 amide bonds. The SMILES string of the molecule is CCN(C)CCN(CCN(CC)CC)N1C(=O)c2ccc3c4c(ccc(c24)C1=O)C(=O)N(N(CCN(C)CC)CCN(CC)CC)C3=O. The van der Waals surface area contributed by atoms with Gasteiger partial charge in [-0.3, -0.25) is 19.2 Å². The lowest BCUT2D eigenvalue weighted by molar-refractivity contribution is -0.0110. The third-order valence-electron chi connectivity index (χ3n) is 10.1. The zero-order valence-corrected chi connectivity index (χ0v) is 30.4. The van der Waals surface area contributed by atoms with Crippen LogP contribution in [0.3, 0.4) is 0 Å². The fraction of sp³-hybridized carbons (Fsp3) is 0.611. The van der Waals surface area contributed by atoms with Crippen LogP contribution in [0, 0.1) is 0 Å². The van der Waals surface area contributed by atoms with E-state index in [2.05, 4.69) is 61.1 Å². The number of imide groups is 2. The van der Waals surface area contributed by atoms with Crippen molar-refractivity contribution < 1.29 is 19.2 Å². The smallest absolute Gasteiger partial charge is 0.276 e. The van der Waals surface area contributed by atoms with Gasteiger partial charge in [-0.25, -0.2) is 20.0 Å². The maximum Gasteiger partial charge on any atom is 0.276 e. The van der Waals surface area contributed by atoms with Gasteiger partial charge in [0, 0.05) is 63.1 Å². The van der Waals surface area contributed by atoms with E-state index in [-0.39, 0.29) is 0 Å². The second-order valence-electron chi connectivity index (χ2n) is 12.7. The first-order valence-electron chi connectivity index (χ1n) is 17.7. The van der Waals surface area contributed by atoms with E-state index in [4.69, 9.17) is 0 Å². The van der Waals surface area contributed by atoms with E-state index < -0.39 is 23.6 Å². The standard InChI is InChI=1S/C36H56N8O4/c1-9-37(7)19-23-41(25-21-39(11-3)12-4)43-33(45)27-15-17-29-32-30(18-16-28(31(27)32)34(43)46)36(48)44(35(29)47)42(24-20-38(8)10-2)26-22-40(13-5)14-6/h15-18H,9-14,19-26H2,1-8H3. The Bertz CT molecular complexity index is 1290. The van der Waals surface area contributed by atoms with Gasteiger partial charge in [0.1, 0.15) is 0 Å². The van der Waals surface area contributed by atoms with Gasteiger partial charge >= 0.3 is 0 Å². The molecule has 0 aliphatic carbocycles. The molecule has 2 aliphatic rings. The molecule has 12 heteroatoms. The molecule has 0 unspecified atom stereocenters. The summed E-state index contributed by atoms with van der Waals surface area (Å²) in [5.41, 5.74) is 1.33. The van der Waals surface area contributed by atoms with E-state index in [1.165, 1.54) is 10.0 Å². The van der Waals surface area contributed by atoms with Crippen molar-refractivity contribution in [2.24, 2.45) is 0 Å². The maximum absolute atomic E-state index is 14.2. The molecule has 0 fully saturated rings. The first-order valence-corrected chi connectivity index (χ1v) is 17.7. The number of benzene rings is 2. The maximum atomic E-state index is 14.2. The molecule has 48 heavy (non-hydrogen) atoms. The van der Waals surface area contributed by atoms with E-state index in [0.29, 0.717) is 85.4 Å². The molecular formula is C36H56N8O4. The van der Waals surface area contributed by atoms with Crippen molar-refractivity contribution in [1.29, 1.82) is 0 Å². The van der Waals surface area contributed by atoms with E-state index in [1.54, 1.807) is 24.3 Å². The minimum Gasteiger partial charge on any atom is -0.305 e. The van der Waals surface area contributed by atoms with Gasteiger partial charge in [-0.05, 0) is 77.6 Å². The quantitative estimate of drug-likeness (QED) is 0.197. The molecule has 0 saturated carbocycles. The molecule has 0 radical (unpaired) electrons. The molecule has 2 aliphatic heterocycles. The van der Waals surface area contributed by atoms with Crippen molar-refractivity contribution in [1.82, 2.24) is 39.6 Å². The van der Waals surface area contributed by atoms with Crippen LogP contribution < -0.4 is 0 Å². The number of likely N-dealkylation sites (N-methyl/N-ethyl adjacent to an activating group) is 4. The summed E-state index contributed by atoms with van der Waals surface area (Å²) in [5.74, 6) is -1.72. The average molecular weight is 665 g/mol. The molecular weight excluding hydrogens is 608 g/mol. The lowest BCUT2D eigenvalue weighted by atomic mass is 9.86. The summed E-state index contributed by atoms with van der Waals surface area (Å²) < 4.78 is 0. The lowest BCUT2D eigenvalue weighted by Gasteiger charge is -2.40. The molecule has 0 saturated heterocycles. The van der Waals surface area contributed by atoms with Crippen molar-refractivity contribution >= 4 is 34.4 Å². The Morgan fingerprint density at radius 2 is 0.688 bits per heavy atom. The van der Waals surface area contributed by atoms with Crippen molar-refractivity contribution in [2.45, 2.75) is 41.5 Å². The summed E-state index contributed by atoms with van der Waals surface area (Å²) in [6, 6.07) is 6.63. The average Bonchev–Trinajstić information content (AvgIpc) is 3.10. The van der Waals surface area contributed by atoms with Gasteiger partial charge in [0.2, 0.25) is 0 Å². The molecule has 0 bridgehead atoms. The number of amides is 4. The van der Waals surface area contributed by atoms with E-state index in [9.17, 15) is 19.2 Å². The largest absolute Gasteiger partial charge is 0.305 e. The first-order chi connectivity index (χ1) is 23.1. The highest BCUT2D eigenvalue weighted by Crippen LogP contribution is 2.38. The van der Waals surface area contributed by atoms with Gasteiger partial charge in [0.05, 0.1) is 22.3 Å². The van der Waals surface area contributed by atoms with Gasteiger partial charge in [-0.15, -0.1) is 0 Å². The number of hydrazine groups is 2. The monoisotopic (exact) mass is 664 g/mol. The second kappa shape index (κ2) is 16.9. The lowest BCUT2D eigenvalue weighted by Crippen LogP contribution is -2.56. The predicted octanol–water partition coefficient (Wildman–Crippen LogP) is 3.05. The van der Waals surface area contributed by atoms with Gasteiger partial charge in [-0.1, -0.05) is 41.5 Å². The van der Waals surface area contributed by atoms with Gasteiger partial charge in [0.15, 0.2) is 0 Å². The van der Waals surface area contributed by atoms with E-state index >= 15 is 0 Å². The Labute approximate surface area is 286 Å². The fourth-order valence-electron chi connectivity index (χ4n) is 6.47. The Hall–Kier alpha value is -3.26. The number of carbonyl (C=O) groups excluding carboxylic acids is 4. The van der Waals surface area contributed by atoms with Crippen molar-refractivity contribution in [2.75, 3.05) is 106 Å². The zero-order valence-electron chi connectivity index (χ0n) is 30.4. The first kappa shape index (κ1) is 37.6. The number of hydrogen-bond donors (Lipinski definition) is 0. The highest BCUT2D eigenvalue weighted by Gasteiger charge is 2.43. The van der Waals surface area contributed by atoms with E-state index in [1.807, 2.05) is 24.1 Å². The zero-order chi connectivity index (χ0) is 35.1. The van der Waals surface area contributed by atoms with Gasteiger partial charge < -0.3 is 19.6 Å². The fourth-order valence-corrected chi connectivity index (χ4v) is 6.47. The molecule has 2 aromatic carbocycles. The normalized spacial score (nSPS) is 15.0. The predicted molar refractivity (Wildman–Crippen MR) is 190 cm³/mol. The topological polar surface area (TPSA) is 94.2 Å². The minimum atomic E-state index is -0.430. The van der Waals surface area contributed by atoms with Crippen LogP contribution in [-0.2, 0) is 0 Å². The third kappa shape index (κ3) is 7.64. The number of carbonyl (C=O) groups is 4. The van der Waals surface area contributed by atoms with Gasteiger partial charge in [0.25, 0.3) is 23.6 Å². The van der Waals surface area contributed by atoms with Crippen LogP contribution in [0.5, 0.6) is 0 Å². The van der Waals surface area contributed by atoms with Crippen LogP contribution in [0.25, 0.3) is 10.8 Å². The molecule has 264 valence electrons. The van der Waals surface area contributed by atoms with Crippen LogP contribution >= 0.6 is 0 Å². The summed E-state index contributed by atoms with van der Waals surface area (Å²) in [6.07, 6.45) is 0. The van der Waals surface area contributed by atoms with Crippen LogP contribution in [0.2, 0.25) is 0 Å².